The van der Waals surface area contributed by atoms with Crippen molar-refractivity contribution in [1.82, 2.24) is 0 Å². The fraction of sp³-hybridized carbons (Fsp3) is 0.500. The quantitative estimate of drug-likeness (QED) is 0.833. The highest BCUT2D eigenvalue weighted by Crippen LogP contribution is 2.30. The van der Waals surface area contributed by atoms with Gasteiger partial charge in [0, 0.05) is 17.5 Å². The van der Waals surface area contributed by atoms with Gasteiger partial charge in [-0.2, -0.15) is 0 Å². The zero-order valence-corrected chi connectivity index (χ0v) is 11.6. The normalized spacial score (nSPS) is 15.5. The number of nitrogens with two attached hydrogens (primary N) is 1. The largest absolute Gasteiger partial charge is 0.496 e. The zero-order chi connectivity index (χ0) is 14.6. The van der Waals surface area contributed by atoms with Gasteiger partial charge in [0.15, 0.2) is 0 Å². The Hall–Kier alpha value is -1.62. The summed E-state index contributed by atoms with van der Waals surface area (Å²) in [5.74, 6) is -0.511. The van der Waals surface area contributed by atoms with Crippen molar-refractivity contribution in [3.8, 4) is 5.75 Å². The lowest BCUT2D eigenvalue weighted by Crippen LogP contribution is -2.33. The van der Waals surface area contributed by atoms with Crippen LogP contribution in [0, 0.1) is 5.82 Å². The number of ether oxygens (including phenoxy) is 2. The molecule has 106 valence electrons. The molecule has 5 heteroatoms. The number of hydrogen-bond acceptors (Lipinski definition) is 4. The molecule has 0 amide bonds. The Kier molecular flexibility index (Phi) is 5.30. The van der Waals surface area contributed by atoms with Crippen molar-refractivity contribution in [3.63, 3.8) is 0 Å². The Morgan fingerprint density at radius 3 is 2.47 bits per heavy atom. The molecule has 0 saturated heterocycles. The molecule has 0 aliphatic heterocycles. The minimum atomic E-state index is -0.662. The van der Waals surface area contributed by atoms with E-state index in [4.69, 9.17) is 15.2 Å². The number of hydrogen-bond donors (Lipinski definition) is 1. The first kappa shape index (κ1) is 15.4. The fourth-order valence-electron chi connectivity index (χ4n) is 1.71. The van der Waals surface area contributed by atoms with E-state index in [0.717, 1.165) is 5.56 Å². The lowest BCUT2D eigenvalue weighted by molar-refractivity contribution is -0.150. The zero-order valence-electron chi connectivity index (χ0n) is 11.6. The molecule has 0 saturated carbocycles. The number of methoxy groups -OCH3 is 1. The molecule has 0 heterocycles. The third kappa shape index (κ3) is 3.92. The summed E-state index contributed by atoms with van der Waals surface area (Å²) in [5, 5.41) is 0. The minimum absolute atomic E-state index is 0.127. The molecule has 1 aromatic carbocycles. The summed E-state index contributed by atoms with van der Waals surface area (Å²) in [6.45, 7) is 5.22. The smallest absolute Gasteiger partial charge is 0.322 e. The predicted octanol–water partition coefficient (Wildman–Crippen LogP) is 2.22. The topological polar surface area (TPSA) is 61.5 Å². The van der Waals surface area contributed by atoms with Crippen molar-refractivity contribution >= 4 is 5.97 Å². The second-order valence-corrected chi connectivity index (χ2v) is 4.61. The first-order chi connectivity index (χ1) is 8.86. The van der Waals surface area contributed by atoms with E-state index in [0.29, 0.717) is 5.75 Å². The number of esters is 1. The second kappa shape index (κ2) is 6.52. The van der Waals surface area contributed by atoms with E-state index in [1.807, 2.05) is 6.92 Å². The molecular weight excluding hydrogens is 249 g/mol. The maximum atomic E-state index is 13.1. The van der Waals surface area contributed by atoms with Crippen LogP contribution in [-0.2, 0) is 9.53 Å². The van der Waals surface area contributed by atoms with Gasteiger partial charge in [0.2, 0.25) is 0 Å². The summed E-state index contributed by atoms with van der Waals surface area (Å²) < 4.78 is 23.5. The van der Waals surface area contributed by atoms with Gasteiger partial charge in [-0.05, 0) is 19.9 Å². The second-order valence-electron chi connectivity index (χ2n) is 4.61. The van der Waals surface area contributed by atoms with Crippen LogP contribution in [0.3, 0.4) is 0 Å². The van der Waals surface area contributed by atoms with Crippen LogP contribution >= 0.6 is 0 Å². The predicted molar refractivity (Wildman–Crippen MR) is 70.6 cm³/mol. The van der Waals surface area contributed by atoms with Crippen LogP contribution < -0.4 is 10.5 Å². The molecule has 3 atom stereocenters. The van der Waals surface area contributed by atoms with E-state index >= 15 is 0 Å². The lowest BCUT2D eigenvalue weighted by atomic mass is 9.95. The number of carbonyl (C=O) groups is 1. The fourth-order valence-corrected chi connectivity index (χ4v) is 1.71. The van der Waals surface area contributed by atoms with E-state index in [9.17, 15) is 9.18 Å². The highest BCUT2D eigenvalue weighted by molar-refractivity contribution is 5.75. The molecule has 2 N–H and O–H groups in total. The molecule has 0 unspecified atom stereocenters. The van der Waals surface area contributed by atoms with E-state index in [2.05, 4.69) is 0 Å². The summed E-state index contributed by atoms with van der Waals surface area (Å²) in [6.07, 6.45) is -0.377. The van der Waals surface area contributed by atoms with Crippen LogP contribution in [0.2, 0.25) is 0 Å². The Bertz CT molecular complexity index is 448. The van der Waals surface area contributed by atoms with Crippen LogP contribution in [0.4, 0.5) is 4.39 Å². The molecular formula is C14H20FNO3. The van der Waals surface area contributed by atoms with Gasteiger partial charge >= 0.3 is 5.97 Å². The lowest BCUT2D eigenvalue weighted by Gasteiger charge is -2.23. The maximum absolute atomic E-state index is 13.1. The van der Waals surface area contributed by atoms with Crippen molar-refractivity contribution in [2.75, 3.05) is 7.11 Å². The van der Waals surface area contributed by atoms with Crippen LogP contribution in [0.25, 0.3) is 0 Å². The molecule has 4 nitrogen and oxygen atoms in total. The number of rotatable bonds is 5. The van der Waals surface area contributed by atoms with Crippen LogP contribution in [-0.4, -0.2) is 25.2 Å². The Labute approximate surface area is 112 Å². The molecule has 0 aromatic heterocycles. The van der Waals surface area contributed by atoms with Gasteiger partial charge in [-0.1, -0.05) is 13.0 Å². The molecule has 1 rings (SSSR count). The number of halogens is 1. The van der Waals surface area contributed by atoms with E-state index < -0.39 is 12.0 Å². The van der Waals surface area contributed by atoms with Gasteiger partial charge in [-0.15, -0.1) is 0 Å². The summed E-state index contributed by atoms with van der Waals surface area (Å²) in [7, 11) is 1.48. The Morgan fingerprint density at radius 2 is 1.95 bits per heavy atom. The number of carbonyl (C=O) groups excluding carboxylic acids is 1. The monoisotopic (exact) mass is 269 g/mol. The summed E-state index contributed by atoms with van der Waals surface area (Å²) >= 11 is 0. The summed E-state index contributed by atoms with van der Waals surface area (Å²) in [5.41, 5.74) is 6.24. The molecule has 19 heavy (non-hydrogen) atoms. The molecule has 0 aliphatic carbocycles. The standard InChI is InChI=1S/C14H20FNO3/c1-8(10(3)19-14(17)9(2)16)12-6-5-11(15)7-13(12)18-4/h5-10H,16H2,1-4H3/t8-,9-,10+/m0/s1. The molecule has 1 aromatic rings. The highest BCUT2D eigenvalue weighted by atomic mass is 19.1. The molecule has 0 bridgehead atoms. The van der Waals surface area contributed by atoms with E-state index in [1.165, 1.54) is 19.2 Å². The van der Waals surface area contributed by atoms with Gasteiger partial charge < -0.3 is 15.2 Å². The van der Waals surface area contributed by atoms with Gasteiger partial charge in [0.1, 0.15) is 23.7 Å². The minimum Gasteiger partial charge on any atom is -0.496 e. The van der Waals surface area contributed by atoms with E-state index in [1.54, 1.807) is 19.9 Å². The van der Waals surface area contributed by atoms with Crippen molar-refractivity contribution in [1.29, 1.82) is 0 Å². The first-order valence-corrected chi connectivity index (χ1v) is 6.16. The van der Waals surface area contributed by atoms with Gasteiger partial charge in [0.25, 0.3) is 0 Å². The number of benzene rings is 1. The van der Waals surface area contributed by atoms with Crippen molar-refractivity contribution in [3.05, 3.63) is 29.6 Å². The van der Waals surface area contributed by atoms with Gasteiger partial charge in [-0.25, -0.2) is 4.39 Å². The third-order valence-corrected chi connectivity index (χ3v) is 3.06. The van der Waals surface area contributed by atoms with Crippen LogP contribution in [0.15, 0.2) is 18.2 Å². The molecule has 0 aliphatic rings. The summed E-state index contributed by atoms with van der Waals surface area (Å²) in [4.78, 5) is 11.5. The Balaban J connectivity index is 2.87. The van der Waals surface area contributed by atoms with Crippen molar-refractivity contribution < 1.29 is 18.7 Å². The maximum Gasteiger partial charge on any atom is 0.322 e. The van der Waals surface area contributed by atoms with Crippen LogP contribution in [0.5, 0.6) is 5.75 Å². The molecule has 0 radical (unpaired) electrons. The third-order valence-electron chi connectivity index (χ3n) is 3.06. The first-order valence-electron chi connectivity index (χ1n) is 6.16. The SMILES string of the molecule is COc1cc(F)ccc1[C@@H](C)[C@@H](C)OC(=O)[C@H](C)N. The van der Waals surface area contributed by atoms with E-state index in [-0.39, 0.29) is 17.8 Å². The Morgan fingerprint density at radius 1 is 1.32 bits per heavy atom. The van der Waals surface area contributed by atoms with Gasteiger partial charge in [0.05, 0.1) is 7.11 Å². The average molecular weight is 269 g/mol. The molecule has 0 spiro atoms. The van der Waals surface area contributed by atoms with Crippen molar-refractivity contribution in [2.24, 2.45) is 5.73 Å². The highest BCUT2D eigenvalue weighted by Gasteiger charge is 2.23. The molecule has 0 fully saturated rings. The average Bonchev–Trinajstić information content (AvgIpc) is 2.37. The van der Waals surface area contributed by atoms with Crippen LogP contribution in [0.1, 0.15) is 32.3 Å². The van der Waals surface area contributed by atoms with Gasteiger partial charge in [-0.3, -0.25) is 4.79 Å². The summed E-state index contributed by atoms with van der Waals surface area (Å²) in [6, 6.07) is 3.64. The van der Waals surface area contributed by atoms with Crippen molar-refractivity contribution in [2.45, 2.75) is 38.8 Å².